The van der Waals surface area contributed by atoms with Gasteiger partial charge >= 0.3 is 0 Å². The number of unbranched alkanes of at least 4 members (excludes halogenated alkanes) is 1. The molecular weight excluding hydrogens is 452 g/mol. The van der Waals surface area contributed by atoms with Gasteiger partial charge in [-0.25, -0.2) is 4.98 Å². The molecule has 0 saturated heterocycles. The fourth-order valence-corrected chi connectivity index (χ4v) is 4.74. The molecule has 5 nitrogen and oxygen atoms in total. The zero-order valence-electron chi connectivity index (χ0n) is 20.1. The van der Waals surface area contributed by atoms with Gasteiger partial charge in [-0.15, -0.1) is 11.3 Å². The first kappa shape index (κ1) is 24.6. The molecule has 6 heteroatoms. The van der Waals surface area contributed by atoms with Crippen molar-refractivity contribution in [1.29, 1.82) is 0 Å². The maximum absolute atomic E-state index is 12.7. The Morgan fingerprint density at radius 3 is 2.49 bits per heavy atom. The van der Waals surface area contributed by atoms with Crippen molar-refractivity contribution in [1.82, 2.24) is 10.3 Å². The second kappa shape index (κ2) is 12.3. The van der Waals surface area contributed by atoms with Crippen LogP contribution in [0.3, 0.4) is 0 Å². The summed E-state index contributed by atoms with van der Waals surface area (Å²) in [5.41, 5.74) is 11.8. The second-order valence-electron chi connectivity index (χ2n) is 8.56. The zero-order chi connectivity index (χ0) is 24.5. The van der Waals surface area contributed by atoms with Crippen LogP contribution in [0.15, 0.2) is 84.2 Å². The monoisotopic (exact) mass is 484 g/mol. The number of hydrogen-bond acceptors (Lipinski definition) is 5. The average molecular weight is 485 g/mol. The number of amides is 1. The van der Waals surface area contributed by atoms with Crippen molar-refractivity contribution in [2.75, 3.05) is 11.4 Å². The van der Waals surface area contributed by atoms with Crippen molar-refractivity contribution in [3.05, 3.63) is 106 Å². The first-order chi connectivity index (χ1) is 17.2. The number of rotatable bonds is 11. The lowest BCUT2D eigenvalue weighted by atomic mass is 10.1. The Morgan fingerprint density at radius 2 is 1.74 bits per heavy atom. The Hall–Kier alpha value is -3.48. The number of aromatic nitrogens is 1. The number of nitrogens with one attached hydrogen (secondary N) is 1. The van der Waals surface area contributed by atoms with Crippen LogP contribution >= 0.6 is 11.3 Å². The smallest absolute Gasteiger partial charge is 0.251 e. The molecule has 0 atom stereocenters. The van der Waals surface area contributed by atoms with Gasteiger partial charge in [-0.2, -0.15) is 0 Å². The molecule has 0 radical (unpaired) electrons. The minimum absolute atomic E-state index is 0.0787. The van der Waals surface area contributed by atoms with Crippen molar-refractivity contribution < 1.29 is 4.79 Å². The number of benzene rings is 3. The third kappa shape index (κ3) is 6.78. The molecule has 1 heterocycles. The van der Waals surface area contributed by atoms with Gasteiger partial charge in [0.25, 0.3) is 5.91 Å². The molecule has 0 saturated carbocycles. The van der Waals surface area contributed by atoms with Crippen LogP contribution in [0.5, 0.6) is 0 Å². The van der Waals surface area contributed by atoms with Crippen molar-refractivity contribution in [3.63, 3.8) is 0 Å². The number of carbonyl (C=O) groups is 1. The fraction of sp³-hybridized carbons (Fsp3) is 0.241. The average Bonchev–Trinajstić information content (AvgIpc) is 3.41. The summed E-state index contributed by atoms with van der Waals surface area (Å²) < 4.78 is 0. The van der Waals surface area contributed by atoms with Gasteiger partial charge in [0, 0.05) is 42.7 Å². The highest BCUT2D eigenvalue weighted by Gasteiger charge is 2.13. The van der Waals surface area contributed by atoms with Gasteiger partial charge in [0.05, 0.1) is 5.69 Å². The van der Waals surface area contributed by atoms with E-state index in [1.807, 2.05) is 66.7 Å². The Bertz CT molecular complexity index is 1220. The summed E-state index contributed by atoms with van der Waals surface area (Å²) in [6.45, 7) is 4.88. The van der Waals surface area contributed by atoms with Crippen LogP contribution < -0.4 is 16.0 Å². The Morgan fingerprint density at radius 1 is 0.971 bits per heavy atom. The number of carbonyl (C=O) groups excluding carboxylic acids is 1. The largest absolute Gasteiger partial charge is 0.348 e. The normalized spacial score (nSPS) is 10.8. The van der Waals surface area contributed by atoms with E-state index in [2.05, 4.69) is 34.7 Å². The van der Waals surface area contributed by atoms with E-state index >= 15 is 0 Å². The number of thiazole rings is 1. The first-order valence-electron chi connectivity index (χ1n) is 12.1. The lowest BCUT2D eigenvalue weighted by Gasteiger charge is -2.22. The van der Waals surface area contributed by atoms with Gasteiger partial charge in [0.1, 0.15) is 0 Å². The van der Waals surface area contributed by atoms with Gasteiger partial charge in [-0.05, 0) is 35.2 Å². The standard InChI is InChI=1S/C29H32N4OS/c1-2-3-16-33(29-32-27(21-35-29)25-10-5-4-6-11-25)20-22-12-14-26(15-13-22)28(34)31-19-24-9-7-8-23(17-24)18-30/h4-15,17,21H,2-3,16,18-20,30H2,1H3,(H,31,34). The molecule has 0 spiro atoms. The molecule has 1 amide bonds. The Kier molecular flexibility index (Phi) is 8.65. The molecule has 0 aliphatic rings. The van der Waals surface area contributed by atoms with E-state index in [-0.39, 0.29) is 5.91 Å². The third-order valence-electron chi connectivity index (χ3n) is 5.88. The lowest BCUT2D eigenvalue weighted by Crippen LogP contribution is -2.24. The molecule has 3 N–H and O–H groups in total. The highest BCUT2D eigenvalue weighted by molar-refractivity contribution is 7.14. The van der Waals surface area contributed by atoms with E-state index in [1.165, 1.54) is 0 Å². The van der Waals surface area contributed by atoms with E-state index < -0.39 is 0 Å². The lowest BCUT2D eigenvalue weighted by molar-refractivity contribution is 0.0951. The molecule has 0 bridgehead atoms. The number of anilines is 1. The summed E-state index contributed by atoms with van der Waals surface area (Å²) in [5.74, 6) is -0.0787. The molecular formula is C29H32N4OS. The molecule has 0 unspecified atom stereocenters. The molecule has 1 aromatic heterocycles. The molecule has 0 aliphatic heterocycles. The van der Waals surface area contributed by atoms with Crippen molar-refractivity contribution in [2.24, 2.45) is 5.73 Å². The number of nitrogens with zero attached hydrogens (tertiary/aromatic N) is 2. The van der Waals surface area contributed by atoms with Crippen molar-refractivity contribution in [3.8, 4) is 11.3 Å². The second-order valence-corrected chi connectivity index (χ2v) is 9.40. The van der Waals surface area contributed by atoms with Gasteiger partial charge in [0.2, 0.25) is 0 Å². The van der Waals surface area contributed by atoms with E-state index in [9.17, 15) is 4.79 Å². The van der Waals surface area contributed by atoms with Crippen LogP contribution in [-0.2, 0) is 19.6 Å². The van der Waals surface area contributed by atoms with Gasteiger partial charge in [-0.1, -0.05) is 80.1 Å². The number of nitrogens with two attached hydrogens (primary N) is 1. The van der Waals surface area contributed by atoms with Crippen LogP contribution in [0.1, 0.15) is 46.8 Å². The molecule has 0 fully saturated rings. The Labute approximate surface area is 211 Å². The molecule has 4 aromatic rings. The van der Waals surface area contributed by atoms with Crippen molar-refractivity contribution >= 4 is 22.4 Å². The third-order valence-corrected chi connectivity index (χ3v) is 6.78. The maximum atomic E-state index is 12.7. The van der Waals surface area contributed by atoms with Crippen LogP contribution in [-0.4, -0.2) is 17.4 Å². The molecule has 35 heavy (non-hydrogen) atoms. The SMILES string of the molecule is CCCCN(Cc1ccc(C(=O)NCc2cccc(CN)c2)cc1)c1nc(-c2ccccc2)cs1. The molecule has 180 valence electrons. The van der Waals surface area contributed by atoms with Crippen LogP contribution in [0.2, 0.25) is 0 Å². The van der Waals surface area contributed by atoms with E-state index in [4.69, 9.17) is 10.7 Å². The zero-order valence-corrected chi connectivity index (χ0v) is 20.9. The summed E-state index contributed by atoms with van der Waals surface area (Å²) in [7, 11) is 0. The molecule has 4 rings (SSSR count). The van der Waals surface area contributed by atoms with Crippen molar-refractivity contribution in [2.45, 2.75) is 39.4 Å². The quantitative estimate of drug-likeness (QED) is 0.274. The van der Waals surface area contributed by atoms with Crippen LogP contribution in [0.4, 0.5) is 5.13 Å². The highest BCUT2D eigenvalue weighted by Crippen LogP contribution is 2.28. The van der Waals surface area contributed by atoms with Crippen LogP contribution in [0, 0.1) is 0 Å². The molecule has 3 aromatic carbocycles. The van der Waals surface area contributed by atoms with Gasteiger partial charge in [0.15, 0.2) is 5.13 Å². The minimum Gasteiger partial charge on any atom is -0.348 e. The maximum Gasteiger partial charge on any atom is 0.251 e. The van der Waals surface area contributed by atoms with Gasteiger partial charge in [-0.3, -0.25) is 4.79 Å². The minimum atomic E-state index is -0.0787. The van der Waals surface area contributed by atoms with Gasteiger partial charge < -0.3 is 16.0 Å². The van der Waals surface area contributed by atoms with Crippen LogP contribution in [0.25, 0.3) is 11.3 Å². The Balaban J connectivity index is 1.40. The predicted octanol–water partition coefficient (Wildman–Crippen LogP) is 6.01. The van der Waals surface area contributed by atoms with E-state index in [1.54, 1.807) is 11.3 Å². The van der Waals surface area contributed by atoms with E-state index in [0.29, 0.717) is 18.7 Å². The topological polar surface area (TPSA) is 71.2 Å². The summed E-state index contributed by atoms with van der Waals surface area (Å²) in [4.78, 5) is 19.9. The van der Waals surface area contributed by atoms with E-state index in [0.717, 1.165) is 59.0 Å². The highest BCUT2D eigenvalue weighted by atomic mass is 32.1. The molecule has 0 aliphatic carbocycles. The summed E-state index contributed by atoms with van der Waals surface area (Å²) in [6.07, 6.45) is 2.23. The first-order valence-corrected chi connectivity index (χ1v) is 12.9. The summed E-state index contributed by atoms with van der Waals surface area (Å²) in [6, 6.07) is 26.1. The number of hydrogen-bond donors (Lipinski definition) is 2. The fourth-order valence-electron chi connectivity index (χ4n) is 3.88. The summed E-state index contributed by atoms with van der Waals surface area (Å²) in [5, 5.41) is 6.15. The predicted molar refractivity (Wildman–Crippen MR) is 145 cm³/mol. The summed E-state index contributed by atoms with van der Waals surface area (Å²) >= 11 is 1.68.